The van der Waals surface area contributed by atoms with Crippen molar-refractivity contribution in [3.8, 4) is 0 Å². The van der Waals surface area contributed by atoms with Gasteiger partial charge in [-0.15, -0.1) is 0 Å². The Bertz CT molecular complexity index is 141. The molecule has 0 aromatic heterocycles. The van der Waals surface area contributed by atoms with Gasteiger partial charge in [0.15, 0.2) is 0 Å². The minimum absolute atomic E-state index is 0.641. The van der Waals surface area contributed by atoms with E-state index >= 15 is 0 Å². The van der Waals surface area contributed by atoms with E-state index in [1.54, 1.807) is 0 Å². The molecule has 1 saturated carbocycles. The Labute approximate surface area is 82.7 Å². The Morgan fingerprint density at radius 3 is 2.54 bits per heavy atom. The summed E-state index contributed by atoms with van der Waals surface area (Å²) in [6.45, 7) is 9.14. The van der Waals surface area contributed by atoms with Crippen LogP contribution in [0.5, 0.6) is 0 Å². The topological polar surface area (TPSA) is 15.3 Å². The van der Waals surface area contributed by atoms with Crippen molar-refractivity contribution in [2.24, 2.45) is 5.92 Å². The van der Waals surface area contributed by atoms with Gasteiger partial charge in [-0.1, -0.05) is 13.8 Å². The van der Waals surface area contributed by atoms with Gasteiger partial charge in [0.05, 0.1) is 0 Å². The maximum atomic E-state index is 3.67. The van der Waals surface area contributed by atoms with Gasteiger partial charge in [0.2, 0.25) is 0 Å². The molecule has 1 atom stereocenters. The fraction of sp³-hybridized carbons (Fsp3) is 1.00. The van der Waals surface area contributed by atoms with E-state index in [0.717, 1.165) is 18.5 Å². The Hall–Kier alpha value is -0.0800. The van der Waals surface area contributed by atoms with Crippen LogP contribution in [0.4, 0.5) is 0 Å². The monoisotopic (exact) mass is 184 g/mol. The lowest BCUT2D eigenvalue weighted by Crippen LogP contribution is -2.48. The standard InChI is InChI=1S/C11H24N2/c1-5-13(4)8-10(3)12-11-6-9(2)7-11/h9-12H,5-8H2,1-4H3. The van der Waals surface area contributed by atoms with Crippen molar-refractivity contribution in [3.63, 3.8) is 0 Å². The second-order valence-corrected chi connectivity index (χ2v) is 4.70. The van der Waals surface area contributed by atoms with Crippen molar-refractivity contribution in [3.05, 3.63) is 0 Å². The van der Waals surface area contributed by atoms with Crippen LogP contribution in [-0.2, 0) is 0 Å². The second-order valence-electron chi connectivity index (χ2n) is 4.70. The highest BCUT2D eigenvalue weighted by Gasteiger charge is 2.25. The van der Waals surface area contributed by atoms with Gasteiger partial charge in [0.1, 0.15) is 0 Å². The number of likely N-dealkylation sites (N-methyl/N-ethyl adjacent to an activating group) is 1. The molecule has 0 aromatic carbocycles. The molecule has 13 heavy (non-hydrogen) atoms. The van der Waals surface area contributed by atoms with Gasteiger partial charge in [-0.2, -0.15) is 0 Å². The summed E-state index contributed by atoms with van der Waals surface area (Å²) >= 11 is 0. The molecule has 0 bridgehead atoms. The highest BCUT2D eigenvalue weighted by atomic mass is 15.1. The van der Waals surface area contributed by atoms with E-state index in [4.69, 9.17) is 0 Å². The first-order chi connectivity index (χ1) is 6.11. The summed E-state index contributed by atoms with van der Waals surface area (Å²) in [5, 5.41) is 3.67. The van der Waals surface area contributed by atoms with Gasteiger partial charge < -0.3 is 10.2 Å². The summed E-state index contributed by atoms with van der Waals surface area (Å²) in [7, 11) is 2.18. The summed E-state index contributed by atoms with van der Waals surface area (Å²) < 4.78 is 0. The molecule has 0 amide bonds. The lowest BCUT2D eigenvalue weighted by atomic mass is 9.81. The molecule has 1 aliphatic rings. The maximum Gasteiger partial charge on any atom is 0.0169 e. The highest BCUT2D eigenvalue weighted by Crippen LogP contribution is 2.26. The largest absolute Gasteiger partial charge is 0.310 e. The van der Waals surface area contributed by atoms with Crippen LogP contribution in [0.2, 0.25) is 0 Å². The summed E-state index contributed by atoms with van der Waals surface area (Å²) in [5.41, 5.74) is 0. The predicted molar refractivity (Wildman–Crippen MR) is 58.0 cm³/mol. The van der Waals surface area contributed by atoms with Crippen molar-refractivity contribution >= 4 is 0 Å². The van der Waals surface area contributed by atoms with Crippen molar-refractivity contribution in [1.29, 1.82) is 0 Å². The third-order valence-corrected chi connectivity index (χ3v) is 3.02. The third kappa shape index (κ3) is 3.65. The molecule has 1 aliphatic carbocycles. The van der Waals surface area contributed by atoms with Crippen molar-refractivity contribution in [2.75, 3.05) is 20.1 Å². The fourth-order valence-electron chi connectivity index (χ4n) is 2.09. The number of hydrogen-bond donors (Lipinski definition) is 1. The van der Waals surface area contributed by atoms with Crippen LogP contribution in [-0.4, -0.2) is 37.1 Å². The number of nitrogens with zero attached hydrogens (tertiary/aromatic N) is 1. The Kier molecular flexibility index (Phi) is 4.20. The molecular weight excluding hydrogens is 160 g/mol. The first kappa shape index (κ1) is 11.0. The van der Waals surface area contributed by atoms with E-state index < -0.39 is 0 Å². The molecule has 1 rings (SSSR count). The molecule has 1 N–H and O–H groups in total. The van der Waals surface area contributed by atoms with E-state index in [1.165, 1.54) is 19.4 Å². The van der Waals surface area contributed by atoms with Crippen LogP contribution in [0.15, 0.2) is 0 Å². The Morgan fingerprint density at radius 2 is 2.08 bits per heavy atom. The Morgan fingerprint density at radius 1 is 1.46 bits per heavy atom. The van der Waals surface area contributed by atoms with E-state index in [1.807, 2.05) is 0 Å². The zero-order valence-corrected chi connectivity index (χ0v) is 9.51. The normalized spacial score (nSPS) is 30.2. The van der Waals surface area contributed by atoms with Crippen LogP contribution in [0, 0.1) is 5.92 Å². The van der Waals surface area contributed by atoms with Crippen LogP contribution < -0.4 is 5.32 Å². The third-order valence-electron chi connectivity index (χ3n) is 3.02. The van der Waals surface area contributed by atoms with Gasteiger partial charge in [0.25, 0.3) is 0 Å². The Balaban J connectivity index is 2.07. The second kappa shape index (κ2) is 4.97. The summed E-state index contributed by atoms with van der Waals surface area (Å²) in [4.78, 5) is 2.36. The average Bonchev–Trinajstić information content (AvgIpc) is 2.01. The highest BCUT2D eigenvalue weighted by molar-refractivity contribution is 4.84. The quantitative estimate of drug-likeness (QED) is 0.700. The molecule has 0 saturated heterocycles. The van der Waals surface area contributed by atoms with Crippen LogP contribution in [0.1, 0.15) is 33.6 Å². The van der Waals surface area contributed by atoms with Gasteiger partial charge in [-0.05, 0) is 39.3 Å². The zero-order valence-electron chi connectivity index (χ0n) is 9.51. The number of hydrogen-bond acceptors (Lipinski definition) is 2. The van der Waals surface area contributed by atoms with E-state index in [2.05, 4.69) is 38.0 Å². The lowest BCUT2D eigenvalue weighted by Gasteiger charge is -2.36. The molecule has 2 heteroatoms. The minimum atomic E-state index is 0.641. The molecular formula is C11H24N2. The lowest BCUT2D eigenvalue weighted by molar-refractivity contribution is 0.206. The molecule has 1 unspecified atom stereocenters. The minimum Gasteiger partial charge on any atom is -0.310 e. The fourth-order valence-corrected chi connectivity index (χ4v) is 2.09. The summed E-state index contributed by atoms with van der Waals surface area (Å²) in [6, 6.07) is 1.44. The van der Waals surface area contributed by atoms with Crippen LogP contribution in [0.3, 0.4) is 0 Å². The van der Waals surface area contributed by atoms with Gasteiger partial charge in [0, 0.05) is 18.6 Å². The zero-order chi connectivity index (χ0) is 9.84. The molecule has 1 fully saturated rings. The van der Waals surface area contributed by atoms with Crippen LogP contribution in [0.25, 0.3) is 0 Å². The maximum absolute atomic E-state index is 3.67. The van der Waals surface area contributed by atoms with Crippen molar-refractivity contribution in [1.82, 2.24) is 10.2 Å². The smallest absolute Gasteiger partial charge is 0.0169 e. The first-order valence-electron chi connectivity index (χ1n) is 5.56. The average molecular weight is 184 g/mol. The SMILES string of the molecule is CCN(C)CC(C)NC1CC(C)C1. The molecule has 0 spiro atoms. The van der Waals surface area contributed by atoms with Crippen LogP contribution >= 0.6 is 0 Å². The first-order valence-corrected chi connectivity index (χ1v) is 5.56. The van der Waals surface area contributed by atoms with Crippen molar-refractivity contribution in [2.45, 2.75) is 45.7 Å². The van der Waals surface area contributed by atoms with E-state index in [9.17, 15) is 0 Å². The summed E-state index contributed by atoms with van der Waals surface area (Å²) in [5.74, 6) is 0.952. The molecule has 78 valence electrons. The number of rotatable bonds is 5. The van der Waals surface area contributed by atoms with E-state index in [-0.39, 0.29) is 0 Å². The molecule has 2 nitrogen and oxygen atoms in total. The molecule has 0 radical (unpaired) electrons. The van der Waals surface area contributed by atoms with Gasteiger partial charge >= 0.3 is 0 Å². The molecule has 0 heterocycles. The number of nitrogens with one attached hydrogen (secondary N) is 1. The molecule has 0 aromatic rings. The summed E-state index contributed by atoms with van der Waals surface area (Å²) in [6.07, 6.45) is 2.75. The van der Waals surface area contributed by atoms with E-state index in [0.29, 0.717) is 6.04 Å². The van der Waals surface area contributed by atoms with Crippen molar-refractivity contribution < 1.29 is 0 Å². The van der Waals surface area contributed by atoms with Gasteiger partial charge in [-0.3, -0.25) is 0 Å². The molecule has 0 aliphatic heterocycles. The van der Waals surface area contributed by atoms with Gasteiger partial charge in [-0.25, -0.2) is 0 Å². The predicted octanol–water partition coefficient (Wildman–Crippen LogP) is 1.71.